The van der Waals surface area contributed by atoms with Gasteiger partial charge in [-0.25, -0.2) is 0 Å². The van der Waals surface area contributed by atoms with Gasteiger partial charge in [-0.2, -0.15) is 0 Å². The Bertz CT molecular complexity index is 877. The quantitative estimate of drug-likeness (QED) is 0.508. The third kappa shape index (κ3) is 1.74. The molecule has 1 atom stereocenters. The van der Waals surface area contributed by atoms with Crippen LogP contribution >= 0.6 is 11.3 Å². The molecule has 20 heavy (non-hydrogen) atoms. The molecule has 1 heteroatoms. The lowest BCUT2D eigenvalue weighted by Crippen LogP contribution is -1.83. The van der Waals surface area contributed by atoms with Crippen molar-refractivity contribution < 1.29 is 0 Å². The van der Waals surface area contributed by atoms with E-state index in [-0.39, 0.29) is 0 Å². The lowest BCUT2D eigenvalue weighted by Gasteiger charge is -2.01. The lowest BCUT2D eigenvalue weighted by atomic mass is 10.0. The third-order valence-electron chi connectivity index (χ3n) is 4.24. The number of hydrogen-bond donors (Lipinski definition) is 0. The molecule has 3 aromatic rings. The Morgan fingerprint density at radius 2 is 1.75 bits per heavy atom. The maximum atomic E-state index is 2.37. The van der Waals surface area contributed by atoms with Crippen LogP contribution in [0.15, 0.2) is 60.2 Å². The van der Waals surface area contributed by atoms with E-state index in [2.05, 4.69) is 68.5 Å². The van der Waals surface area contributed by atoms with Crippen LogP contribution in [0, 0.1) is 5.92 Å². The first-order chi connectivity index (χ1) is 9.72. The minimum Gasteiger partial charge on any atom is -0.135 e. The zero-order valence-corrected chi connectivity index (χ0v) is 12.5. The molecular weight excluding hydrogens is 260 g/mol. The van der Waals surface area contributed by atoms with Gasteiger partial charge < -0.3 is 0 Å². The Balaban J connectivity index is 1.95. The highest BCUT2D eigenvalue weighted by molar-refractivity contribution is 7.25. The summed E-state index contributed by atoms with van der Waals surface area (Å²) in [7, 11) is 0. The first kappa shape index (κ1) is 11.9. The smallest absolute Gasteiger partial charge is 0.0355 e. The van der Waals surface area contributed by atoms with Crippen LogP contribution in [0.3, 0.4) is 0 Å². The van der Waals surface area contributed by atoms with Crippen molar-refractivity contribution in [2.24, 2.45) is 5.92 Å². The number of thiophene rings is 1. The highest BCUT2D eigenvalue weighted by Gasteiger charge is 2.13. The summed E-state index contributed by atoms with van der Waals surface area (Å²) in [6, 6.07) is 15.6. The number of benzene rings is 2. The van der Waals surface area contributed by atoms with Crippen molar-refractivity contribution in [3.05, 3.63) is 65.8 Å². The van der Waals surface area contributed by atoms with Crippen molar-refractivity contribution in [1.82, 2.24) is 0 Å². The Labute approximate surface area is 123 Å². The van der Waals surface area contributed by atoms with Gasteiger partial charge >= 0.3 is 0 Å². The van der Waals surface area contributed by atoms with Crippen molar-refractivity contribution in [3.63, 3.8) is 0 Å². The van der Waals surface area contributed by atoms with E-state index in [0.29, 0.717) is 5.92 Å². The van der Waals surface area contributed by atoms with E-state index in [4.69, 9.17) is 0 Å². The number of allylic oxidation sites excluding steroid dienone is 4. The Morgan fingerprint density at radius 3 is 2.55 bits per heavy atom. The molecule has 1 aliphatic carbocycles. The molecule has 0 fully saturated rings. The molecule has 0 aliphatic heterocycles. The second-order valence-corrected chi connectivity index (χ2v) is 6.69. The second kappa shape index (κ2) is 4.32. The molecule has 98 valence electrons. The summed E-state index contributed by atoms with van der Waals surface area (Å²) in [6.07, 6.45) is 4.69. The van der Waals surface area contributed by atoms with Crippen LogP contribution in [0.25, 0.3) is 25.7 Å². The van der Waals surface area contributed by atoms with E-state index in [1.54, 1.807) is 0 Å². The van der Waals surface area contributed by atoms with Gasteiger partial charge in [0.05, 0.1) is 0 Å². The Kier molecular flexibility index (Phi) is 2.58. The molecule has 1 aliphatic rings. The van der Waals surface area contributed by atoms with Gasteiger partial charge in [-0.05, 0) is 42.2 Å². The molecule has 1 heterocycles. The van der Waals surface area contributed by atoms with Gasteiger partial charge in [0.25, 0.3) is 0 Å². The molecule has 0 spiro atoms. The number of hydrogen-bond acceptors (Lipinski definition) is 1. The largest absolute Gasteiger partial charge is 0.135 e. The van der Waals surface area contributed by atoms with Crippen LogP contribution in [0.1, 0.15) is 19.4 Å². The summed E-state index contributed by atoms with van der Waals surface area (Å²) >= 11 is 1.88. The molecule has 1 aromatic heterocycles. The summed E-state index contributed by atoms with van der Waals surface area (Å²) in [5, 5.41) is 2.76. The van der Waals surface area contributed by atoms with Gasteiger partial charge in [0.2, 0.25) is 0 Å². The van der Waals surface area contributed by atoms with Crippen LogP contribution in [-0.2, 0) is 0 Å². The van der Waals surface area contributed by atoms with Crippen LogP contribution < -0.4 is 0 Å². The van der Waals surface area contributed by atoms with Crippen molar-refractivity contribution in [3.8, 4) is 0 Å². The molecule has 1 unspecified atom stereocenters. The standard InChI is InChI=1S/C19H16S/c1-12-9-15(10-13(12)2)14-7-8-19-17(11-14)16-5-3-4-6-18(16)20-19/h3-12H,1-2H3. The molecule has 0 amide bonds. The summed E-state index contributed by atoms with van der Waals surface area (Å²) in [5.41, 5.74) is 4.16. The van der Waals surface area contributed by atoms with Crippen molar-refractivity contribution in [2.45, 2.75) is 13.8 Å². The predicted octanol–water partition coefficient (Wildman–Crippen LogP) is 6.03. The Hall–Kier alpha value is -1.86. The van der Waals surface area contributed by atoms with E-state index in [0.717, 1.165) is 0 Å². The summed E-state index contributed by atoms with van der Waals surface area (Å²) in [6.45, 7) is 4.48. The van der Waals surface area contributed by atoms with Gasteiger partial charge in [-0.15, -0.1) is 11.3 Å². The number of rotatable bonds is 1. The fourth-order valence-electron chi connectivity index (χ4n) is 2.91. The molecule has 0 saturated heterocycles. The van der Waals surface area contributed by atoms with Gasteiger partial charge in [-0.3, -0.25) is 0 Å². The van der Waals surface area contributed by atoms with Gasteiger partial charge in [0.15, 0.2) is 0 Å². The average Bonchev–Trinajstić information content (AvgIpc) is 2.99. The zero-order valence-electron chi connectivity index (χ0n) is 11.7. The van der Waals surface area contributed by atoms with E-state index in [9.17, 15) is 0 Å². The highest BCUT2D eigenvalue weighted by Crippen LogP contribution is 2.37. The topological polar surface area (TPSA) is 0 Å². The summed E-state index contributed by atoms with van der Waals surface area (Å²) in [4.78, 5) is 0. The SMILES string of the molecule is CC1=CC(c2ccc3sc4ccccc4c3c2)=CC1C. The maximum absolute atomic E-state index is 2.37. The molecule has 0 radical (unpaired) electrons. The van der Waals surface area contributed by atoms with E-state index < -0.39 is 0 Å². The minimum atomic E-state index is 0.569. The molecule has 0 N–H and O–H groups in total. The third-order valence-corrected chi connectivity index (χ3v) is 5.39. The van der Waals surface area contributed by atoms with Crippen molar-refractivity contribution in [2.75, 3.05) is 0 Å². The van der Waals surface area contributed by atoms with Crippen LogP contribution in [0.5, 0.6) is 0 Å². The molecule has 0 nitrogen and oxygen atoms in total. The van der Waals surface area contributed by atoms with E-state index in [1.807, 2.05) is 11.3 Å². The van der Waals surface area contributed by atoms with E-state index >= 15 is 0 Å². The number of fused-ring (bicyclic) bond motifs is 3. The van der Waals surface area contributed by atoms with Gasteiger partial charge in [0.1, 0.15) is 0 Å². The first-order valence-electron chi connectivity index (χ1n) is 7.04. The monoisotopic (exact) mass is 276 g/mol. The molecule has 4 rings (SSSR count). The predicted molar refractivity (Wildman–Crippen MR) is 90.2 cm³/mol. The maximum Gasteiger partial charge on any atom is 0.0355 e. The van der Waals surface area contributed by atoms with Gasteiger partial charge in [0, 0.05) is 20.2 Å². The normalized spacial score (nSPS) is 18.6. The zero-order chi connectivity index (χ0) is 13.7. The van der Waals surface area contributed by atoms with Crippen LogP contribution in [-0.4, -0.2) is 0 Å². The van der Waals surface area contributed by atoms with Crippen LogP contribution in [0.4, 0.5) is 0 Å². The average molecular weight is 276 g/mol. The summed E-state index contributed by atoms with van der Waals surface area (Å²) in [5.74, 6) is 0.569. The fraction of sp³-hybridized carbons (Fsp3) is 0.158. The van der Waals surface area contributed by atoms with Gasteiger partial charge in [-0.1, -0.05) is 48.9 Å². The van der Waals surface area contributed by atoms with Crippen molar-refractivity contribution >= 4 is 37.1 Å². The first-order valence-corrected chi connectivity index (χ1v) is 7.86. The molecule has 2 aromatic carbocycles. The molecular formula is C19H16S. The van der Waals surface area contributed by atoms with E-state index in [1.165, 1.54) is 36.9 Å². The fourth-order valence-corrected chi connectivity index (χ4v) is 4.00. The lowest BCUT2D eigenvalue weighted by molar-refractivity contribution is 0.883. The van der Waals surface area contributed by atoms with Crippen LogP contribution in [0.2, 0.25) is 0 Å². The molecule has 0 saturated carbocycles. The summed E-state index contributed by atoms with van der Waals surface area (Å²) < 4.78 is 2.75. The highest BCUT2D eigenvalue weighted by atomic mass is 32.1. The minimum absolute atomic E-state index is 0.569. The van der Waals surface area contributed by atoms with Crippen molar-refractivity contribution in [1.29, 1.82) is 0 Å². The molecule has 0 bridgehead atoms. The Morgan fingerprint density at radius 1 is 0.950 bits per heavy atom. The second-order valence-electron chi connectivity index (χ2n) is 5.61.